The predicted molar refractivity (Wildman–Crippen MR) is 108 cm³/mol. The maximum absolute atomic E-state index is 12.6. The van der Waals surface area contributed by atoms with Gasteiger partial charge in [-0.25, -0.2) is 4.98 Å². The van der Waals surface area contributed by atoms with Crippen LogP contribution >= 0.6 is 23.1 Å². The Morgan fingerprint density at radius 3 is 2.81 bits per heavy atom. The number of ether oxygens (including phenoxy) is 1. The van der Waals surface area contributed by atoms with Crippen molar-refractivity contribution in [2.75, 3.05) is 17.8 Å². The summed E-state index contributed by atoms with van der Waals surface area (Å²) in [6, 6.07) is 15.7. The highest BCUT2D eigenvalue weighted by Crippen LogP contribution is 2.44. The van der Waals surface area contributed by atoms with Gasteiger partial charge in [0.25, 0.3) is 0 Å². The molecule has 0 spiro atoms. The fourth-order valence-electron chi connectivity index (χ4n) is 3.17. The molecule has 0 N–H and O–H groups in total. The van der Waals surface area contributed by atoms with Crippen LogP contribution in [0.25, 0.3) is 21.6 Å². The SMILES string of the molecule is COc1ccc2nc3sc(N4C(=O)CSC4c4ccccc4)nnc-3c2c1. The highest BCUT2D eigenvalue weighted by atomic mass is 32.2. The lowest BCUT2D eigenvalue weighted by Crippen LogP contribution is -2.28. The molecule has 8 heteroatoms. The van der Waals surface area contributed by atoms with Crippen LogP contribution in [0, 0.1) is 0 Å². The van der Waals surface area contributed by atoms with Crippen molar-refractivity contribution in [1.29, 1.82) is 0 Å². The number of aromatic nitrogens is 3. The van der Waals surface area contributed by atoms with E-state index in [-0.39, 0.29) is 11.3 Å². The average molecular weight is 394 g/mol. The molecule has 27 heavy (non-hydrogen) atoms. The van der Waals surface area contributed by atoms with Gasteiger partial charge in [0.1, 0.15) is 21.8 Å². The molecule has 2 aromatic carbocycles. The molecule has 5 rings (SSSR count). The number of hydrogen-bond acceptors (Lipinski definition) is 7. The molecule has 0 radical (unpaired) electrons. The van der Waals surface area contributed by atoms with E-state index < -0.39 is 0 Å². The Bertz CT molecular complexity index is 1120. The molecule has 134 valence electrons. The van der Waals surface area contributed by atoms with Crippen molar-refractivity contribution in [3.63, 3.8) is 0 Å². The molecule has 0 aromatic heterocycles. The van der Waals surface area contributed by atoms with Crippen molar-refractivity contribution in [2.24, 2.45) is 0 Å². The monoisotopic (exact) mass is 394 g/mol. The van der Waals surface area contributed by atoms with Crippen molar-refractivity contribution in [1.82, 2.24) is 15.2 Å². The minimum atomic E-state index is -0.0915. The predicted octanol–water partition coefficient (Wildman–Crippen LogP) is 3.98. The van der Waals surface area contributed by atoms with Crippen LogP contribution in [0.15, 0.2) is 48.5 Å². The number of rotatable bonds is 3. The van der Waals surface area contributed by atoms with Crippen LogP contribution in [0.4, 0.5) is 5.13 Å². The minimum absolute atomic E-state index is 0.0385. The molecule has 3 aliphatic rings. The summed E-state index contributed by atoms with van der Waals surface area (Å²) < 4.78 is 5.29. The van der Waals surface area contributed by atoms with Crippen LogP contribution < -0.4 is 9.64 Å². The van der Waals surface area contributed by atoms with Crippen LogP contribution in [-0.2, 0) is 4.79 Å². The molecular weight excluding hydrogens is 380 g/mol. The third-order valence-electron chi connectivity index (χ3n) is 4.47. The van der Waals surface area contributed by atoms with Crippen molar-refractivity contribution in [2.45, 2.75) is 5.37 Å². The summed E-state index contributed by atoms with van der Waals surface area (Å²) in [5, 5.41) is 10.9. The van der Waals surface area contributed by atoms with Gasteiger partial charge >= 0.3 is 0 Å². The van der Waals surface area contributed by atoms with E-state index in [0.29, 0.717) is 10.9 Å². The van der Waals surface area contributed by atoms with Crippen LogP contribution in [0.1, 0.15) is 10.9 Å². The first-order valence-corrected chi connectivity index (χ1v) is 10.2. The second-order valence-corrected chi connectivity index (χ2v) is 8.10. The molecule has 1 fully saturated rings. The van der Waals surface area contributed by atoms with Gasteiger partial charge in [0, 0.05) is 5.39 Å². The number of methoxy groups -OCH3 is 1. The van der Waals surface area contributed by atoms with Gasteiger partial charge in [0.05, 0.1) is 18.4 Å². The van der Waals surface area contributed by atoms with Gasteiger partial charge in [-0.15, -0.1) is 22.0 Å². The standard InChI is InChI=1S/C19H14N4O2S2/c1-25-12-7-8-14-13(9-12)16-17(20-14)27-19(22-21-16)23-15(24)10-26-18(23)11-5-3-2-4-6-11/h2-9,18H,10H2,1H3. The first-order chi connectivity index (χ1) is 13.2. The summed E-state index contributed by atoms with van der Waals surface area (Å²) in [6.07, 6.45) is 0. The Hall–Kier alpha value is -2.71. The highest BCUT2D eigenvalue weighted by Gasteiger charge is 2.36. The van der Waals surface area contributed by atoms with E-state index >= 15 is 0 Å². The van der Waals surface area contributed by atoms with Gasteiger partial charge < -0.3 is 4.74 Å². The Balaban J connectivity index is 1.60. The number of carbonyl (C=O) groups is 1. The van der Waals surface area contributed by atoms with Crippen LogP contribution in [0.5, 0.6) is 5.75 Å². The van der Waals surface area contributed by atoms with Gasteiger partial charge in [-0.1, -0.05) is 41.7 Å². The number of benzene rings is 2. The number of carbonyl (C=O) groups excluding carboxylic acids is 1. The Morgan fingerprint density at radius 1 is 1.15 bits per heavy atom. The number of anilines is 1. The van der Waals surface area contributed by atoms with E-state index in [2.05, 4.69) is 15.2 Å². The number of hydrogen-bond donors (Lipinski definition) is 0. The molecule has 1 amide bonds. The van der Waals surface area contributed by atoms with Gasteiger partial charge in [0.15, 0.2) is 0 Å². The molecule has 1 unspecified atom stereocenters. The van der Waals surface area contributed by atoms with Crippen LogP contribution in [-0.4, -0.2) is 34.0 Å². The quantitative estimate of drug-likeness (QED) is 0.524. The first-order valence-electron chi connectivity index (χ1n) is 8.34. The molecule has 3 aliphatic heterocycles. The van der Waals surface area contributed by atoms with Crippen molar-refractivity contribution < 1.29 is 9.53 Å². The molecule has 1 atom stereocenters. The van der Waals surface area contributed by atoms with Gasteiger partial charge in [-0.2, -0.15) is 0 Å². The Labute approximate surface area is 163 Å². The summed E-state index contributed by atoms with van der Waals surface area (Å²) in [5.41, 5.74) is 2.65. The summed E-state index contributed by atoms with van der Waals surface area (Å²) in [5.74, 6) is 1.22. The number of nitrogens with zero attached hydrogens (tertiary/aromatic N) is 4. The molecule has 1 saturated heterocycles. The summed E-state index contributed by atoms with van der Waals surface area (Å²) in [4.78, 5) is 19.0. The van der Waals surface area contributed by atoms with Crippen molar-refractivity contribution >= 4 is 45.0 Å². The highest BCUT2D eigenvalue weighted by molar-refractivity contribution is 8.00. The molecule has 0 aliphatic carbocycles. The number of amides is 1. The van der Waals surface area contributed by atoms with Crippen LogP contribution in [0.3, 0.4) is 0 Å². The molecule has 0 bridgehead atoms. The zero-order valence-electron chi connectivity index (χ0n) is 14.3. The number of fused-ring (bicyclic) bond motifs is 3. The lowest BCUT2D eigenvalue weighted by atomic mass is 10.2. The smallest absolute Gasteiger partial charge is 0.240 e. The third kappa shape index (κ3) is 2.72. The first kappa shape index (κ1) is 16.5. The molecular formula is C19H14N4O2S2. The van der Waals surface area contributed by atoms with Gasteiger partial charge in [-0.3, -0.25) is 9.69 Å². The zero-order valence-corrected chi connectivity index (χ0v) is 16.0. The fourth-order valence-corrected chi connectivity index (χ4v) is 5.34. The summed E-state index contributed by atoms with van der Waals surface area (Å²) in [6.45, 7) is 0. The fraction of sp³-hybridized carbons (Fsp3) is 0.158. The maximum atomic E-state index is 12.6. The van der Waals surface area contributed by atoms with Gasteiger partial charge in [-0.05, 0) is 23.8 Å². The zero-order chi connectivity index (χ0) is 18.4. The summed E-state index contributed by atoms with van der Waals surface area (Å²) >= 11 is 2.99. The van der Waals surface area contributed by atoms with E-state index in [4.69, 9.17) is 4.74 Å². The second-order valence-electron chi connectivity index (χ2n) is 6.07. The maximum Gasteiger partial charge on any atom is 0.240 e. The van der Waals surface area contributed by atoms with Crippen LogP contribution in [0.2, 0.25) is 0 Å². The Kier molecular flexibility index (Phi) is 3.95. The van der Waals surface area contributed by atoms with E-state index in [0.717, 1.165) is 32.9 Å². The normalized spacial score (nSPS) is 17.1. The summed E-state index contributed by atoms with van der Waals surface area (Å²) in [7, 11) is 1.63. The molecule has 3 heterocycles. The van der Waals surface area contributed by atoms with Crippen molar-refractivity contribution in [3.8, 4) is 16.5 Å². The topological polar surface area (TPSA) is 68.2 Å². The van der Waals surface area contributed by atoms with E-state index in [1.807, 2.05) is 48.5 Å². The van der Waals surface area contributed by atoms with E-state index in [1.165, 1.54) is 11.3 Å². The molecule has 6 nitrogen and oxygen atoms in total. The third-order valence-corrected chi connectivity index (χ3v) is 6.62. The van der Waals surface area contributed by atoms with E-state index in [1.54, 1.807) is 23.8 Å². The Morgan fingerprint density at radius 2 is 2.00 bits per heavy atom. The minimum Gasteiger partial charge on any atom is -0.497 e. The average Bonchev–Trinajstić information content (AvgIpc) is 3.27. The van der Waals surface area contributed by atoms with E-state index in [9.17, 15) is 4.79 Å². The van der Waals surface area contributed by atoms with Crippen molar-refractivity contribution in [3.05, 3.63) is 54.1 Å². The largest absolute Gasteiger partial charge is 0.497 e. The molecule has 0 saturated carbocycles. The lowest BCUT2D eigenvalue weighted by molar-refractivity contribution is -0.115. The van der Waals surface area contributed by atoms with Gasteiger partial charge in [0.2, 0.25) is 11.0 Å². The second kappa shape index (κ2) is 6.47. The number of thioether (sulfide) groups is 1. The molecule has 2 aromatic rings. The lowest BCUT2D eigenvalue weighted by Gasteiger charge is -2.22.